The van der Waals surface area contributed by atoms with E-state index in [-0.39, 0.29) is 24.8 Å². The Morgan fingerprint density at radius 2 is 2.12 bits per heavy atom. The molecule has 1 rings (SSSR count). The number of hydrogen-bond acceptors (Lipinski definition) is 4. The van der Waals surface area contributed by atoms with Crippen molar-refractivity contribution in [2.45, 2.75) is 13.5 Å². The molecule has 1 heterocycles. The van der Waals surface area contributed by atoms with Gasteiger partial charge in [-0.25, -0.2) is 0 Å². The average Bonchev–Trinajstić information content (AvgIpc) is 2.73. The van der Waals surface area contributed by atoms with Crippen LogP contribution < -0.4 is 11.5 Å². The molecule has 1 aromatic heterocycles. The van der Waals surface area contributed by atoms with Crippen molar-refractivity contribution in [2.24, 2.45) is 11.5 Å². The standard InChI is InChI=1S/C10H15N3O3/c1-2-13(6-9(12)14)10(15)8-4-3-7(5-11)16-8/h3-4H,2,5-6,11H2,1H3,(H2,12,14). The Morgan fingerprint density at radius 1 is 1.44 bits per heavy atom. The molecule has 0 aromatic carbocycles. The van der Waals surface area contributed by atoms with E-state index in [9.17, 15) is 9.59 Å². The van der Waals surface area contributed by atoms with Crippen molar-refractivity contribution >= 4 is 11.8 Å². The van der Waals surface area contributed by atoms with Gasteiger partial charge in [-0.1, -0.05) is 0 Å². The molecule has 16 heavy (non-hydrogen) atoms. The van der Waals surface area contributed by atoms with Crippen LogP contribution in [0, 0.1) is 0 Å². The summed E-state index contributed by atoms with van der Waals surface area (Å²) in [7, 11) is 0. The van der Waals surface area contributed by atoms with Gasteiger partial charge in [0, 0.05) is 6.54 Å². The maximum Gasteiger partial charge on any atom is 0.290 e. The van der Waals surface area contributed by atoms with Crippen molar-refractivity contribution in [3.8, 4) is 0 Å². The summed E-state index contributed by atoms with van der Waals surface area (Å²) in [6.45, 7) is 2.26. The van der Waals surface area contributed by atoms with Crippen molar-refractivity contribution in [2.75, 3.05) is 13.1 Å². The molecule has 0 aliphatic heterocycles. The summed E-state index contributed by atoms with van der Waals surface area (Å²) < 4.78 is 5.19. The normalized spacial score (nSPS) is 10.1. The highest BCUT2D eigenvalue weighted by Crippen LogP contribution is 2.10. The molecule has 0 aliphatic rings. The molecular weight excluding hydrogens is 210 g/mol. The van der Waals surface area contributed by atoms with Crippen molar-refractivity contribution in [1.82, 2.24) is 4.90 Å². The number of hydrogen-bond donors (Lipinski definition) is 2. The lowest BCUT2D eigenvalue weighted by Gasteiger charge is -2.17. The first-order valence-electron chi connectivity index (χ1n) is 4.94. The van der Waals surface area contributed by atoms with E-state index in [0.717, 1.165) is 0 Å². The Hall–Kier alpha value is -1.82. The third kappa shape index (κ3) is 2.83. The monoisotopic (exact) mass is 225 g/mol. The van der Waals surface area contributed by atoms with Gasteiger partial charge in [-0.3, -0.25) is 9.59 Å². The number of furan rings is 1. The van der Waals surface area contributed by atoms with E-state index in [2.05, 4.69) is 0 Å². The summed E-state index contributed by atoms with van der Waals surface area (Å²) in [6.07, 6.45) is 0. The SMILES string of the molecule is CCN(CC(N)=O)C(=O)c1ccc(CN)o1. The highest BCUT2D eigenvalue weighted by molar-refractivity contribution is 5.94. The molecule has 0 radical (unpaired) electrons. The Kier molecular flexibility index (Phi) is 4.07. The minimum atomic E-state index is -0.555. The summed E-state index contributed by atoms with van der Waals surface area (Å²) in [5.41, 5.74) is 10.4. The quantitative estimate of drug-likeness (QED) is 0.717. The number of amides is 2. The molecule has 0 bridgehead atoms. The Balaban J connectivity index is 2.78. The lowest BCUT2D eigenvalue weighted by molar-refractivity contribution is -0.118. The third-order valence-electron chi connectivity index (χ3n) is 2.09. The number of carbonyl (C=O) groups is 2. The molecule has 0 spiro atoms. The summed E-state index contributed by atoms with van der Waals surface area (Å²) in [5, 5.41) is 0. The van der Waals surface area contributed by atoms with Crippen LogP contribution in [0.4, 0.5) is 0 Å². The smallest absolute Gasteiger partial charge is 0.290 e. The second-order valence-electron chi connectivity index (χ2n) is 3.26. The Labute approximate surface area is 93.2 Å². The summed E-state index contributed by atoms with van der Waals surface area (Å²) in [4.78, 5) is 23.9. The van der Waals surface area contributed by atoms with Crippen LogP contribution in [0.2, 0.25) is 0 Å². The van der Waals surface area contributed by atoms with Crippen LogP contribution in [0.3, 0.4) is 0 Å². The first kappa shape index (κ1) is 12.3. The van der Waals surface area contributed by atoms with Gasteiger partial charge >= 0.3 is 0 Å². The van der Waals surface area contributed by atoms with Crippen molar-refractivity contribution in [1.29, 1.82) is 0 Å². The Bertz CT molecular complexity index is 386. The number of likely N-dealkylation sites (N-methyl/N-ethyl adjacent to an activating group) is 1. The molecule has 0 unspecified atom stereocenters. The molecule has 0 fully saturated rings. The molecule has 0 aliphatic carbocycles. The lowest BCUT2D eigenvalue weighted by atomic mass is 10.3. The Morgan fingerprint density at radius 3 is 2.56 bits per heavy atom. The molecule has 0 atom stereocenters. The van der Waals surface area contributed by atoms with Crippen molar-refractivity contribution in [3.05, 3.63) is 23.7 Å². The number of nitrogens with two attached hydrogens (primary N) is 2. The van der Waals surface area contributed by atoms with Crippen LogP contribution in [0.5, 0.6) is 0 Å². The largest absolute Gasteiger partial charge is 0.455 e. The van der Waals surface area contributed by atoms with E-state index >= 15 is 0 Å². The minimum absolute atomic E-state index is 0.117. The fraction of sp³-hybridized carbons (Fsp3) is 0.400. The minimum Gasteiger partial charge on any atom is -0.455 e. The molecule has 1 aromatic rings. The number of nitrogens with zero attached hydrogens (tertiary/aromatic N) is 1. The zero-order valence-electron chi connectivity index (χ0n) is 9.10. The summed E-state index contributed by atoms with van der Waals surface area (Å²) >= 11 is 0. The molecule has 88 valence electrons. The number of rotatable bonds is 5. The van der Waals surface area contributed by atoms with Gasteiger partial charge in [-0.05, 0) is 19.1 Å². The fourth-order valence-electron chi connectivity index (χ4n) is 1.27. The molecule has 0 saturated carbocycles. The molecule has 6 nitrogen and oxygen atoms in total. The van der Waals surface area contributed by atoms with Gasteiger partial charge in [-0.15, -0.1) is 0 Å². The topological polar surface area (TPSA) is 103 Å². The van der Waals surface area contributed by atoms with E-state index in [1.165, 1.54) is 11.0 Å². The van der Waals surface area contributed by atoms with Gasteiger partial charge in [0.05, 0.1) is 13.1 Å². The highest BCUT2D eigenvalue weighted by atomic mass is 16.4. The van der Waals surface area contributed by atoms with Crippen LogP contribution in [0.25, 0.3) is 0 Å². The van der Waals surface area contributed by atoms with E-state index in [1.54, 1.807) is 13.0 Å². The van der Waals surface area contributed by atoms with Gasteiger partial charge in [0.25, 0.3) is 5.91 Å². The third-order valence-corrected chi connectivity index (χ3v) is 2.09. The summed E-state index contributed by atoms with van der Waals surface area (Å²) in [6, 6.07) is 3.17. The van der Waals surface area contributed by atoms with Crippen LogP contribution in [-0.2, 0) is 11.3 Å². The van der Waals surface area contributed by atoms with Gasteiger partial charge in [0.15, 0.2) is 5.76 Å². The maximum absolute atomic E-state index is 11.8. The molecule has 0 saturated heterocycles. The van der Waals surface area contributed by atoms with Crippen LogP contribution in [-0.4, -0.2) is 29.8 Å². The van der Waals surface area contributed by atoms with Crippen LogP contribution >= 0.6 is 0 Å². The zero-order valence-corrected chi connectivity index (χ0v) is 9.10. The predicted octanol–water partition coefficient (Wildman–Crippen LogP) is -0.314. The predicted molar refractivity (Wildman–Crippen MR) is 57.4 cm³/mol. The van der Waals surface area contributed by atoms with E-state index in [4.69, 9.17) is 15.9 Å². The fourth-order valence-corrected chi connectivity index (χ4v) is 1.27. The first-order chi connectivity index (χ1) is 7.58. The van der Waals surface area contributed by atoms with Crippen molar-refractivity contribution < 1.29 is 14.0 Å². The van der Waals surface area contributed by atoms with Crippen LogP contribution in [0.15, 0.2) is 16.5 Å². The number of carbonyl (C=O) groups excluding carboxylic acids is 2. The maximum atomic E-state index is 11.8. The van der Waals surface area contributed by atoms with E-state index < -0.39 is 5.91 Å². The summed E-state index contributed by atoms with van der Waals surface area (Å²) in [5.74, 6) is -0.219. The average molecular weight is 225 g/mol. The van der Waals surface area contributed by atoms with E-state index in [0.29, 0.717) is 12.3 Å². The van der Waals surface area contributed by atoms with Gasteiger partial charge in [0.2, 0.25) is 5.91 Å². The lowest BCUT2D eigenvalue weighted by Crippen LogP contribution is -2.38. The van der Waals surface area contributed by atoms with Gasteiger partial charge < -0.3 is 20.8 Å². The van der Waals surface area contributed by atoms with Crippen molar-refractivity contribution in [3.63, 3.8) is 0 Å². The second-order valence-corrected chi connectivity index (χ2v) is 3.26. The zero-order chi connectivity index (χ0) is 12.1. The second kappa shape index (κ2) is 5.32. The van der Waals surface area contributed by atoms with Gasteiger partial charge in [0.1, 0.15) is 5.76 Å². The highest BCUT2D eigenvalue weighted by Gasteiger charge is 2.19. The van der Waals surface area contributed by atoms with Gasteiger partial charge in [-0.2, -0.15) is 0 Å². The van der Waals surface area contributed by atoms with Crippen LogP contribution in [0.1, 0.15) is 23.2 Å². The number of primary amides is 1. The molecule has 4 N–H and O–H groups in total. The molecule has 6 heteroatoms. The van der Waals surface area contributed by atoms with E-state index in [1.807, 2.05) is 0 Å². The molecular formula is C10H15N3O3. The first-order valence-corrected chi connectivity index (χ1v) is 4.94. The molecule has 2 amide bonds.